The van der Waals surface area contributed by atoms with Gasteiger partial charge in [-0.15, -0.1) is 11.8 Å². The van der Waals surface area contributed by atoms with Crippen molar-refractivity contribution in [1.29, 1.82) is 0 Å². The predicted molar refractivity (Wildman–Crippen MR) is 42.0 cm³/mol. The Kier molecular flexibility index (Phi) is 4.47. The monoisotopic (exact) mass is 126 g/mol. The normalized spacial score (nSPS) is 10.9. The van der Waals surface area contributed by atoms with Crippen molar-refractivity contribution in [3.8, 4) is 0 Å². The quantitative estimate of drug-likeness (QED) is 0.524. The van der Waals surface area contributed by atoms with Gasteiger partial charge in [-0.05, 0) is 12.3 Å². The second-order valence-electron chi connectivity index (χ2n) is 1.21. The van der Waals surface area contributed by atoms with Crippen LogP contribution in [0, 0.1) is 0 Å². The molecule has 0 unspecified atom stereocenters. The van der Waals surface area contributed by atoms with Crippen LogP contribution in [-0.4, -0.2) is 6.26 Å². The Morgan fingerprint density at radius 2 is 2.12 bits per heavy atom. The van der Waals surface area contributed by atoms with Gasteiger partial charge in [0, 0.05) is 4.91 Å². The molecule has 0 aromatic carbocycles. The summed E-state index contributed by atoms with van der Waals surface area (Å²) >= 11 is 1.67. The summed E-state index contributed by atoms with van der Waals surface area (Å²) in [6, 6.07) is 0. The third-order valence-corrected chi connectivity index (χ3v) is 1.49. The molecule has 0 aliphatic carbocycles. The van der Waals surface area contributed by atoms with E-state index in [4.69, 9.17) is 0 Å². The van der Waals surface area contributed by atoms with Crippen LogP contribution < -0.4 is 0 Å². The fourth-order valence-electron chi connectivity index (χ4n) is 0.336. The Hall–Kier alpha value is -0.430. The van der Waals surface area contributed by atoms with E-state index in [0.29, 0.717) is 0 Å². The zero-order valence-corrected chi connectivity index (χ0v) is 5.87. The van der Waals surface area contributed by atoms with E-state index in [9.17, 15) is 0 Å². The third-order valence-electron chi connectivity index (χ3n) is 0.719. The molecule has 0 aromatic heterocycles. The average molecular weight is 126 g/mol. The van der Waals surface area contributed by atoms with Crippen LogP contribution in [-0.2, 0) is 0 Å². The second-order valence-corrected chi connectivity index (χ2v) is 2.09. The van der Waals surface area contributed by atoms with Gasteiger partial charge < -0.3 is 0 Å². The van der Waals surface area contributed by atoms with E-state index in [1.54, 1.807) is 17.8 Å². The molecule has 44 valence electrons. The van der Waals surface area contributed by atoms with Crippen molar-refractivity contribution in [3.05, 3.63) is 36.3 Å². The van der Waals surface area contributed by atoms with E-state index >= 15 is 0 Å². The molecule has 0 fully saturated rings. The minimum Gasteiger partial charge on any atom is -0.130 e. The Labute approximate surface area is 55.0 Å². The largest absolute Gasteiger partial charge is 0.130 e. The maximum absolute atomic E-state index is 3.61. The molecule has 0 amide bonds. The molecule has 0 saturated heterocycles. The van der Waals surface area contributed by atoms with Crippen LogP contribution in [0.25, 0.3) is 0 Å². The third kappa shape index (κ3) is 2.69. The summed E-state index contributed by atoms with van der Waals surface area (Å²) in [7, 11) is 0. The van der Waals surface area contributed by atoms with E-state index in [0.717, 1.165) is 4.91 Å². The number of rotatable bonds is 3. The first-order chi connectivity index (χ1) is 3.85. The fraction of sp³-hybridized carbons (Fsp3) is 0.143. The van der Waals surface area contributed by atoms with Crippen molar-refractivity contribution in [2.45, 2.75) is 0 Å². The molecule has 8 heavy (non-hydrogen) atoms. The zero-order chi connectivity index (χ0) is 6.41. The first kappa shape index (κ1) is 7.57. The standard InChI is InChI=1S/C7H10S/c1-4-6-7(5-2)8-3/h4-6H,1-2H2,3H3/b7-6+. The maximum atomic E-state index is 3.61. The Bertz CT molecular complexity index is 112. The fourth-order valence-corrected chi connectivity index (χ4v) is 0.735. The number of allylic oxidation sites excluding steroid dienone is 3. The smallest absolute Gasteiger partial charge is 0.00630 e. The lowest BCUT2D eigenvalue weighted by Gasteiger charge is -1.88. The summed E-state index contributed by atoms with van der Waals surface area (Å²) < 4.78 is 0. The predicted octanol–water partition coefficient (Wildman–Crippen LogP) is 2.61. The molecule has 0 saturated carbocycles. The maximum Gasteiger partial charge on any atom is 0.00630 e. The zero-order valence-electron chi connectivity index (χ0n) is 5.05. The lowest BCUT2D eigenvalue weighted by Crippen LogP contribution is -1.61. The molecule has 0 N–H and O–H groups in total. The lowest BCUT2D eigenvalue weighted by atomic mass is 10.5. The summed E-state index contributed by atoms with van der Waals surface area (Å²) in [5.41, 5.74) is 0. The van der Waals surface area contributed by atoms with Gasteiger partial charge in [0.05, 0.1) is 0 Å². The molecule has 0 heterocycles. The molecule has 0 rings (SSSR count). The van der Waals surface area contributed by atoms with Crippen LogP contribution in [0.5, 0.6) is 0 Å². The molecule has 1 heteroatoms. The summed E-state index contributed by atoms with van der Waals surface area (Å²) in [5, 5.41) is 0. The first-order valence-electron chi connectivity index (χ1n) is 2.34. The highest BCUT2D eigenvalue weighted by molar-refractivity contribution is 8.02. The SMILES string of the molecule is C=C/C=C(\C=C)SC. The van der Waals surface area contributed by atoms with Crippen LogP contribution in [0.2, 0.25) is 0 Å². The van der Waals surface area contributed by atoms with Crippen molar-refractivity contribution in [3.63, 3.8) is 0 Å². The van der Waals surface area contributed by atoms with Gasteiger partial charge in [0.2, 0.25) is 0 Å². The van der Waals surface area contributed by atoms with Gasteiger partial charge >= 0.3 is 0 Å². The van der Waals surface area contributed by atoms with Crippen molar-refractivity contribution in [1.82, 2.24) is 0 Å². The van der Waals surface area contributed by atoms with Gasteiger partial charge in [-0.3, -0.25) is 0 Å². The van der Waals surface area contributed by atoms with Gasteiger partial charge in [0.25, 0.3) is 0 Å². The lowest BCUT2D eigenvalue weighted by molar-refractivity contribution is 1.91. The summed E-state index contributed by atoms with van der Waals surface area (Å²) in [6.45, 7) is 7.17. The minimum absolute atomic E-state index is 1.15. The van der Waals surface area contributed by atoms with Crippen LogP contribution >= 0.6 is 11.8 Å². The van der Waals surface area contributed by atoms with Gasteiger partial charge in [0.15, 0.2) is 0 Å². The molecule has 0 nitrogen and oxygen atoms in total. The van der Waals surface area contributed by atoms with Crippen LogP contribution in [0.3, 0.4) is 0 Å². The molecular formula is C7H10S. The Morgan fingerprint density at radius 3 is 2.25 bits per heavy atom. The van der Waals surface area contributed by atoms with Crippen LogP contribution in [0.4, 0.5) is 0 Å². The summed E-state index contributed by atoms with van der Waals surface area (Å²) in [5.74, 6) is 0. The molecule has 0 atom stereocenters. The molecule has 0 spiro atoms. The van der Waals surface area contributed by atoms with Crippen molar-refractivity contribution in [2.75, 3.05) is 6.26 Å². The van der Waals surface area contributed by atoms with Crippen molar-refractivity contribution < 1.29 is 0 Å². The second kappa shape index (κ2) is 4.72. The van der Waals surface area contributed by atoms with E-state index in [1.165, 1.54) is 0 Å². The van der Waals surface area contributed by atoms with Gasteiger partial charge in [0.1, 0.15) is 0 Å². The molecule has 0 aliphatic heterocycles. The highest BCUT2D eigenvalue weighted by Gasteiger charge is 1.79. The van der Waals surface area contributed by atoms with Crippen molar-refractivity contribution in [2.24, 2.45) is 0 Å². The molecule has 0 aromatic rings. The molecule has 0 radical (unpaired) electrons. The number of hydrogen-bond donors (Lipinski definition) is 0. The van der Waals surface area contributed by atoms with E-state index in [-0.39, 0.29) is 0 Å². The molecular weight excluding hydrogens is 116 g/mol. The highest BCUT2D eigenvalue weighted by Crippen LogP contribution is 2.10. The summed E-state index contributed by atoms with van der Waals surface area (Å²) in [6.07, 6.45) is 7.51. The average Bonchev–Trinajstić information content (AvgIpc) is 1.83. The summed E-state index contributed by atoms with van der Waals surface area (Å²) in [4.78, 5) is 1.15. The number of hydrogen-bond acceptors (Lipinski definition) is 1. The Morgan fingerprint density at radius 1 is 1.50 bits per heavy atom. The van der Waals surface area contributed by atoms with Crippen LogP contribution in [0.15, 0.2) is 36.3 Å². The highest BCUT2D eigenvalue weighted by atomic mass is 32.2. The topological polar surface area (TPSA) is 0 Å². The van der Waals surface area contributed by atoms with Gasteiger partial charge in [-0.1, -0.05) is 25.3 Å². The molecule has 0 bridgehead atoms. The van der Waals surface area contributed by atoms with E-state index in [2.05, 4.69) is 13.2 Å². The van der Waals surface area contributed by atoms with Gasteiger partial charge in [-0.2, -0.15) is 0 Å². The molecule has 0 aliphatic rings. The van der Waals surface area contributed by atoms with E-state index < -0.39 is 0 Å². The number of thioether (sulfide) groups is 1. The van der Waals surface area contributed by atoms with Crippen LogP contribution in [0.1, 0.15) is 0 Å². The Balaban J connectivity index is 3.84. The van der Waals surface area contributed by atoms with Gasteiger partial charge in [-0.25, -0.2) is 0 Å². The van der Waals surface area contributed by atoms with Crippen molar-refractivity contribution >= 4 is 11.8 Å². The minimum atomic E-state index is 1.15. The first-order valence-corrected chi connectivity index (χ1v) is 3.56. The van der Waals surface area contributed by atoms with E-state index in [1.807, 2.05) is 18.4 Å².